The number of aryl methyl sites for hydroxylation is 1. The third-order valence-corrected chi connectivity index (χ3v) is 6.82. The molecule has 1 atom stereocenters. The fourth-order valence-electron chi connectivity index (χ4n) is 2.69. The van der Waals surface area contributed by atoms with Crippen LogP contribution in [-0.4, -0.2) is 11.5 Å². The van der Waals surface area contributed by atoms with Gasteiger partial charge in [0.25, 0.3) is 0 Å². The van der Waals surface area contributed by atoms with Crippen molar-refractivity contribution in [3.8, 4) is 10.6 Å². The summed E-state index contributed by atoms with van der Waals surface area (Å²) in [5, 5.41) is 4.78. The maximum Gasteiger partial charge on any atom is 0.123 e. The highest BCUT2D eigenvalue weighted by Gasteiger charge is 2.24. The van der Waals surface area contributed by atoms with Crippen LogP contribution >= 0.6 is 43.2 Å². The van der Waals surface area contributed by atoms with Gasteiger partial charge in [-0.05, 0) is 76.2 Å². The second-order valence-electron chi connectivity index (χ2n) is 5.36. The van der Waals surface area contributed by atoms with E-state index < -0.39 is 0 Å². The van der Waals surface area contributed by atoms with Gasteiger partial charge in [0, 0.05) is 19.4 Å². The average Bonchev–Trinajstić information content (AvgIpc) is 2.92. The van der Waals surface area contributed by atoms with Crippen molar-refractivity contribution in [3.63, 3.8) is 0 Å². The van der Waals surface area contributed by atoms with Crippen LogP contribution in [0.4, 0.5) is 0 Å². The van der Waals surface area contributed by atoms with Gasteiger partial charge in [0.1, 0.15) is 5.01 Å². The molecule has 0 amide bonds. The van der Waals surface area contributed by atoms with E-state index in [1.807, 2.05) is 11.3 Å². The van der Waals surface area contributed by atoms with Crippen LogP contribution in [0, 0.1) is 0 Å². The molecule has 0 saturated carbocycles. The summed E-state index contributed by atoms with van der Waals surface area (Å²) in [7, 11) is 0. The van der Waals surface area contributed by atoms with Gasteiger partial charge in [0.05, 0.1) is 11.7 Å². The van der Waals surface area contributed by atoms with Crippen LogP contribution in [0.2, 0.25) is 0 Å². The van der Waals surface area contributed by atoms with E-state index in [9.17, 15) is 0 Å². The Morgan fingerprint density at radius 1 is 1.33 bits per heavy atom. The van der Waals surface area contributed by atoms with Crippen LogP contribution in [0.15, 0.2) is 27.1 Å². The molecule has 5 heteroatoms. The fraction of sp³-hybridized carbons (Fsp3) is 0.438. The van der Waals surface area contributed by atoms with Crippen LogP contribution in [0.3, 0.4) is 0 Å². The molecule has 2 aromatic rings. The van der Waals surface area contributed by atoms with E-state index in [1.165, 1.54) is 41.8 Å². The van der Waals surface area contributed by atoms with Crippen LogP contribution in [0.1, 0.15) is 42.8 Å². The molecule has 0 radical (unpaired) electrons. The van der Waals surface area contributed by atoms with Crippen molar-refractivity contribution >= 4 is 43.2 Å². The third kappa shape index (κ3) is 3.41. The lowest BCUT2D eigenvalue weighted by Gasteiger charge is -2.22. The summed E-state index contributed by atoms with van der Waals surface area (Å²) in [6, 6.07) is 6.79. The molecule has 1 aromatic heterocycles. The summed E-state index contributed by atoms with van der Waals surface area (Å²) < 4.78 is 2.16. The summed E-state index contributed by atoms with van der Waals surface area (Å²) in [5.41, 5.74) is 2.48. The van der Waals surface area contributed by atoms with Gasteiger partial charge in [-0.1, -0.05) is 13.0 Å². The molecule has 2 nitrogen and oxygen atoms in total. The van der Waals surface area contributed by atoms with Gasteiger partial charge >= 0.3 is 0 Å². The summed E-state index contributed by atoms with van der Waals surface area (Å²) in [4.78, 5) is 6.41. The van der Waals surface area contributed by atoms with Crippen molar-refractivity contribution in [2.45, 2.75) is 38.6 Å². The number of benzene rings is 1. The van der Waals surface area contributed by atoms with Crippen molar-refractivity contribution in [3.05, 3.63) is 37.7 Å². The molecule has 0 aliphatic heterocycles. The van der Waals surface area contributed by atoms with Gasteiger partial charge in [-0.2, -0.15) is 0 Å². The molecule has 1 unspecified atom stereocenters. The first-order valence-corrected chi connectivity index (χ1v) is 9.77. The Labute approximate surface area is 146 Å². The van der Waals surface area contributed by atoms with E-state index in [2.05, 4.69) is 62.3 Å². The van der Waals surface area contributed by atoms with E-state index in [0.29, 0.717) is 6.04 Å². The second-order valence-corrected chi connectivity index (χ2v) is 8.15. The molecule has 0 spiro atoms. The Morgan fingerprint density at radius 3 is 2.95 bits per heavy atom. The minimum Gasteiger partial charge on any atom is -0.309 e. The number of fused-ring (bicyclic) bond motifs is 1. The highest BCUT2D eigenvalue weighted by atomic mass is 79.9. The number of hydrogen-bond acceptors (Lipinski definition) is 3. The van der Waals surface area contributed by atoms with Gasteiger partial charge in [0.15, 0.2) is 0 Å². The predicted octanol–water partition coefficient (Wildman–Crippen LogP) is 5.71. The molecule has 0 saturated heterocycles. The lowest BCUT2D eigenvalue weighted by atomic mass is 9.97. The zero-order valence-corrected chi connectivity index (χ0v) is 15.9. The van der Waals surface area contributed by atoms with Crippen molar-refractivity contribution < 1.29 is 0 Å². The number of hydrogen-bond donors (Lipinski definition) is 1. The maximum atomic E-state index is 4.95. The largest absolute Gasteiger partial charge is 0.309 e. The minimum atomic E-state index is 0.442. The van der Waals surface area contributed by atoms with Gasteiger partial charge in [-0.3, -0.25) is 0 Å². The quantitative estimate of drug-likeness (QED) is 0.672. The summed E-state index contributed by atoms with van der Waals surface area (Å²) in [5.74, 6) is 0. The normalized spacial score (nSPS) is 17.8. The Kier molecular flexibility index (Phi) is 5.15. The monoisotopic (exact) mass is 428 g/mol. The number of halogens is 2. The first-order valence-electron chi connectivity index (χ1n) is 7.37. The van der Waals surface area contributed by atoms with Crippen molar-refractivity contribution in [1.29, 1.82) is 0 Å². The van der Waals surface area contributed by atoms with Crippen LogP contribution in [-0.2, 0) is 6.42 Å². The first-order chi connectivity index (χ1) is 10.2. The summed E-state index contributed by atoms with van der Waals surface area (Å²) in [6.07, 6.45) is 4.82. The van der Waals surface area contributed by atoms with E-state index in [-0.39, 0.29) is 0 Å². The highest BCUT2D eigenvalue weighted by Crippen LogP contribution is 2.38. The van der Waals surface area contributed by atoms with Gasteiger partial charge in [-0.15, -0.1) is 11.3 Å². The minimum absolute atomic E-state index is 0.442. The molecule has 1 aliphatic rings. The van der Waals surface area contributed by atoms with Gasteiger partial charge < -0.3 is 5.32 Å². The average molecular weight is 430 g/mol. The smallest absolute Gasteiger partial charge is 0.123 e. The predicted molar refractivity (Wildman–Crippen MR) is 96.9 cm³/mol. The van der Waals surface area contributed by atoms with Gasteiger partial charge in [-0.25, -0.2) is 4.98 Å². The molecule has 0 bridgehead atoms. The zero-order chi connectivity index (χ0) is 14.8. The Balaban J connectivity index is 1.91. The molecule has 1 aromatic carbocycles. The van der Waals surface area contributed by atoms with Crippen molar-refractivity contribution in [2.75, 3.05) is 6.54 Å². The fourth-order valence-corrected chi connectivity index (χ4v) is 4.47. The molecule has 1 aliphatic carbocycles. The second kappa shape index (κ2) is 6.90. The molecular weight excluding hydrogens is 412 g/mol. The summed E-state index contributed by atoms with van der Waals surface area (Å²) >= 11 is 8.95. The van der Waals surface area contributed by atoms with E-state index in [1.54, 1.807) is 0 Å². The SMILES string of the molecule is CCCNC1CCCc2sc(-c3ccc(Br)c(Br)c3)nc21. The topological polar surface area (TPSA) is 24.9 Å². The molecule has 0 fully saturated rings. The van der Waals surface area contributed by atoms with Crippen molar-refractivity contribution in [1.82, 2.24) is 10.3 Å². The van der Waals surface area contributed by atoms with Crippen LogP contribution < -0.4 is 5.32 Å². The summed E-state index contributed by atoms with van der Waals surface area (Å²) in [6.45, 7) is 3.28. The molecule has 21 heavy (non-hydrogen) atoms. The standard InChI is InChI=1S/C16H18Br2N2S/c1-2-8-19-13-4-3-5-14-15(13)20-16(21-14)10-6-7-11(17)12(18)9-10/h6-7,9,13,19H,2-5,8H2,1H3. The number of aromatic nitrogens is 1. The lowest BCUT2D eigenvalue weighted by molar-refractivity contribution is 0.454. The Bertz CT molecular complexity index is 639. The van der Waals surface area contributed by atoms with E-state index in [4.69, 9.17) is 4.98 Å². The Morgan fingerprint density at radius 2 is 2.19 bits per heavy atom. The van der Waals surface area contributed by atoms with Crippen molar-refractivity contribution in [2.24, 2.45) is 0 Å². The number of nitrogens with one attached hydrogen (secondary N) is 1. The number of nitrogens with zero attached hydrogens (tertiary/aromatic N) is 1. The lowest BCUT2D eigenvalue weighted by Crippen LogP contribution is -2.25. The Hall–Kier alpha value is -0.230. The molecule has 1 N–H and O–H groups in total. The van der Waals surface area contributed by atoms with Crippen LogP contribution in [0.25, 0.3) is 10.6 Å². The van der Waals surface area contributed by atoms with E-state index in [0.717, 1.165) is 20.5 Å². The van der Waals surface area contributed by atoms with Gasteiger partial charge in [0.2, 0.25) is 0 Å². The number of rotatable bonds is 4. The molecular formula is C16H18Br2N2S. The molecule has 112 valence electrons. The third-order valence-electron chi connectivity index (χ3n) is 3.76. The maximum absolute atomic E-state index is 4.95. The van der Waals surface area contributed by atoms with Crippen LogP contribution in [0.5, 0.6) is 0 Å². The molecule has 1 heterocycles. The first kappa shape index (κ1) is 15.7. The number of thiazole rings is 1. The zero-order valence-electron chi connectivity index (χ0n) is 12.0. The van der Waals surface area contributed by atoms with E-state index >= 15 is 0 Å². The molecule has 3 rings (SSSR count). The highest BCUT2D eigenvalue weighted by molar-refractivity contribution is 9.13.